The minimum absolute atomic E-state index is 0. The molecule has 9 aromatic rings. The van der Waals surface area contributed by atoms with E-state index in [2.05, 4.69) is 308 Å². The van der Waals surface area contributed by atoms with Gasteiger partial charge in [0.2, 0.25) is 0 Å². The SMILES string of the molecule is CC1=C(/C=C/c2cccc(C(O)CCN)c2)C(C)(C)CCC1.CC1=C(/C=C/c2cccc(C(O)CCN3C(=O)c4ccccc4C3=O)c2)C(C)(C)CCC1.CC1=C(C=Cc2cccc(I)c2)C(C)(C)CCC1.CC1=C(CP(Br)(c2ccccc2)(c2ccccc2)c2ccccc2)C(C)(C)CCC1.COc1cccc(I)c1.N=N.O=CCCN1C(=O)c2ccccc2C1=O.[HH]. The molecule has 6 N–H and O–H groups in total. The third-order valence-electron chi connectivity index (χ3n) is 25.7. The van der Waals surface area contributed by atoms with E-state index in [0.717, 1.165) is 45.5 Å². The molecule has 676 valence electrons. The number of amides is 4. The fraction of sp³-hybridized carbons (Fsp3) is 0.342. The molecular formula is C111H133BrI2N5O8P. The molecule has 128 heavy (non-hydrogen) atoms. The topological polar surface area (TPSA) is 215 Å². The molecule has 0 spiro atoms. The van der Waals surface area contributed by atoms with Crippen LogP contribution in [0.25, 0.3) is 18.2 Å². The summed E-state index contributed by atoms with van der Waals surface area (Å²) in [5.74, 6) is -0.266. The van der Waals surface area contributed by atoms with E-state index < -0.39 is 17.5 Å². The maximum atomic E-state index is 12.5. The van der Waals surface area contributed by atoms with Crippen molar-refractivity contribution in [3.05, 3.63) is 357 Å². The number of methoxy groups -OCH3 is 1. The first kappa shape index (κ1) is 102. The molecule has 2 heterocycles. The molecule has 9 aromatic carbocycles. The summed E-state index contributed by atoms with van der Waals surface area (Å²) in [4.78, 5) is 61.0. The van der Waals surface area contributed by atoms with Gasteiger partial charge in [-0.3, -0.25) is 29.0 Å². The van der Waals surface area contributed by atoms with Crippen molar-refractivity contribution < 1.29 is 40.3 Å². The normalized spacial score (nSPS) is 17.4. The van der Waals surface area contributed by atoms with Crippen molar-refractivity contribution in [1.82, 2.24) is 9.80 Å². The smallest absolute Gasteiger partial charge is 0.261 e. The molecule has 17 heteroatoms. The number of hydrogen-bond acceptors (Lipinski definition) is 11. The van der Waals surface area contributed by atoms with Gasteiger partial charge >= 0.3 is 190 Å². The second-order valence-electron chi connectivity index (χ2n) is 36.7. The van der Waals surface area contributed by atoms with E-state index in [4.69, 9.17) is 21.5 Å². The minimum Gasteiger partial charge on any atom is -0.497 e. The van der Waals surface area contributed by atoms with Crippen molar-refractivity contribution >= 4 is 130 Å². The first-order valence-electron chi connectivity index (χ1n) is 44.8. The molecule has 0 saturated heterocycles. The van der Waals surface area contributed by atoms with Crippen LogP contribution >= 0.6 is 66.0 Å². The number of benzene rings is 9. The van der Waals surface area contributed by atoms with Gasteiger partial charge in [0, 0.05) is 28.1 Å². The van der Waals surface area contributed by atoms with Crippen molar-refractivity contribution in [1.29, 1.82) is 11.1 Å². The molecule has 2 unspecified atom stereocenters. The zero-order chi connectivity index (χ0) is 93.0. The van der Waals surface area contributed by atoms with Crippen LogP contribution in [0, 0.1) is 39.9 Å². The minimum atomic E-state index is -2.91. The molecule has 0 aromatic heterocycles. The maximum absolute atomic E-state index is 12.5. The molecular weight excluding hydrogens is 1900 g/mol. The van der Waals surface area contributed by atoms with Crippen LogP contribution in [0.2, 0.25) is 0 Å². The van der Waals surface area contributed by atoms with Gasteiger partial charge in [0.1, 0.15) is 12.0 Å². The average molecular weight is 2030 g/mol. The first-order valence-corrected chi connectivity index (χ1v) is 51.4. The number of aldehydes is 1. The van der Waals surface area contributed by atoms with E-state index in [-0.39, 0.29) is 60.8 Å². The Bertz CT molecular complexity index is 5390. The Morgan fingerprint density at radius 3 is 1.10 bits per heavy atom. The van der Waals surface area contributed by atoms with Crippen LogP contribution in [0.3, 0.4) is 0 Å². The number of ether oxygens (including phenoxy) is 1. The number of aliphatic hydroxyl groups excluding tert-OH is 2. The third-order valence-corrected chi connectivity index (χ3v) is 36.6. The third kappa shape index (κ3) is 26.3. The Balaban J connectivity index is 0.000000197. The average Bonchev–Trinajstić information content (AvgIpc) is 1.28. The first-order chi connectivity index (χ1) is 61.1. The number of nitrogens with zero attached hydrogens (tertiary/aromatic N) is 2. The van der Waals surface area contributed by atoms with Crippen LogP contribution in [-0.4, -0.2) is 82.8 Å². The molecule has 0 saturated carbocycles. The van der Waals surface area contributed by atoms with Gasteiger partial charge in [0.05, 0.1) is 41.6 Å². The van der Waals surface area contributed by atoms with Crippen LogP contribution in [0.15, 0.2) is 299 Å². The van der Waals surface area contributed by atoms with Crippen molar-refractivity contribution in [2.45, 2.75) is 192 Å². The summed E-state index contributed by atoms with van der Waals surface area (Å²) in [5, 5.41) is 22.1. The van der Waals surface area contributed by atoms with Gasteiger partial charge in [-0.25, -0.2) is 11.1 Å². The molecule has 0 radical (unpaired) electrons. The van der Waals surface area contributed by atoms with Crippen LogP contribution in [0.5, 0.6) is 5.75 Å². The number of fused-ring (bicyclic) bond motifs is 2. The molecule has 0 bridgehead atoms. The standard InChI is InChI=1S/C28H32BrP.C28H31NO3.C20H29NO.C17H21I.C11H9NO3.C7H7IO.H2N2.H2/c1-23-14-13-21-28(2,3)27(23)22-30(29,24-15-7-4-8-16-24,25-17-9-5-10-18-25)26-19-11-6-12-20-26;1-19-8-7-16-28(2,3)24(19)14-13-20-9-6-10-21(18-20)25(30)15-17-29-26(31)22-11-4-5-12-23(22)27(29)32;1-15-6-5-12-20(2,3)18(15)10-9-16-7-4-8-17(14-16)19(22)11-13-21;1-13-6-5-11-17(2,3)16(13)10-9-14-7-4-8-15(18)12-14;13-7-3-6-12-10(14)8-4-1-2-5-9(8)11(12)15;1-9-7-4-2-3-6(8)5-7;1-2;/h4-12,15-20H,13-14,21-22H2,1-3H3;4-6,9-14,18,25,30H,7-8,15-17H2,1-3H3;4,7-10,14,19,22H,5-6,11-13,21H2,1-3H3;4,7-10,12H,5-6,11H2,1-3H3;1-2,4-5,7H,3,6H2;2-5H,1H3;1-2H;1H/b;14-13+;10-9+;;;;;. The van der Waals surface area contributed by atoms with Gasteiger partial charge in [-0.05, 0) is 271 Å². The second kappa shape index (κ2) is 47.5. The Labute approximate surface area is 798 Å². The van der Waals surface area contributed by atoms with E-state index in [1.165, 1.54) is 132 Å². The quantitative estimate of drug-likeness (QED) is 0.0109. The van der Waals surface area contributed by atoms with Gasteiger partial charge in [-0.1, -0.05) is 174 Å². The van der Waals surface area contributed by atoms with Crippen LogP contribution in [0.1, 0.15) is 262 Å². The fourth-order valence-corrected chi connectivity index (χ4v) is 27.7. The van der Waals surface area contributed by atoms with Crippen LogP contribution in [0.4, 0.5) is 0 Å². The molecule has 2 atom stereocenters. The predicted molar refractivity (Wildman–Crippen MR) is 555 cm³/mol. The van der Waals surface area contributed by atoms with Gasteiger partial charge in [0.15, 0.2) is 0 Å². The van der Waals surface area contributed by atoms with E-state index in [1.54, 1.807) is 72.4 Å². The number of carbonyl (C=O) groups is 5. The number of imide groups is 2. The van der Waals surface area contributed by atoms with E-state index in [1.807, 2.05) is 60.7 Å². The van der Waals surface area contributed by atoms with Gasteiger partial charge in [-0.15, -0.1) is 0 Å². The molecule has 0 fully saturated rings. The Morgan fingerprint density at radius 2 is 0.766 bits per heavy atom. The summed E-state index contributed by atoms with van der Waals surface area (Å²) in [6.45, 7) is 28.9. The number of allylic oxidation sites excluding steroid dienone is 11. The zero-order valence-corrected chi connectivity index (χ0v) is 83.8. The maximum Gasteiger partial charge on any atom is 0.261 e. The number of hydrogen-bond donors (Lipinski definition) is 5. The number of carbonyl (C=O) groups excluding carboxylic acids is 5. The number of aliphatic hydroxyl groups is 2. The summed E-state index contributed by atoms with van der Waals surface area (Å²) >= 11 is 9.24. The monoisotopic (exact) mass is 2030 g/mol. The van der Waals surface area contributed by atoms with Crippen LogP contribution < -0.4 is 26.4 Å². The summed E-state index contributed by atoms with van der Waals surface area (Å²) in [6.07, 6.45) is 30.0. The summed E-state index contributed by atoms with van der Waals surface area (Å²) < 4.78 is 7.49. The van der Waals surface area contributed by atoms with Crippen molar-refractivity contribution in [3.63, 3.8) is 0 Å². The molecule has 2 aliphatic heterocycles. The summed E-state index contributed by atoms with van der Waals surface area (Å²) in [5.41, 5.74) is 35.6. The number of halogens is 3. The second-order valence-corrected chi connectivity index (χ2v) is 48.1. The molecule has 6 aliphatic rings. The van der Waals surface area contributed by atoms with Crippen molar-refractivity contribution in [2.75, 3.05) is 32.9 Å². The van der Waals surface area contributed by atoms with Gasteiger partial charge in [-0.2, -0.15) is 0 Å². The largest absolute Gasteiger partial charge is 0.497 e. The van der Waals surface area contributed by atoms with Crippen LogP contribution in [-0.2, 0) is 4.79 Å². The molecule has 15 rings (SSSR count). The number of nitrogens with one attached hydrogen (secondary N) is 2. The van der Waals surface area contributed by atoms with Gasteiger partial charge in [0.25, 0.3) is 23.6 Å². The van der Waals surface area contributed by atoms with Gasteiger partial charge < -0.3 is 25.5 Å². The number of rotatable bonds is 22. The Kier molecular flexibility index (Phi) is 38.1. The zero-order valence-electron chi connectivity index (χ0n) is 77.0. The molecule has 4 aliphatic carbocycles. The van der Waals surface area contributed by atoms with E-state index >= 15 is 0 Å². The Hall–Kier alpha value is -9.24. The molecule has 4 amide bonds. The fourth-order valence-electron chi connectivity index (χ4n) is 18.6. The summed E-state index contributed by atoms with van der Waals surface area (Å²) in [6, 6.07) is 79.6. The summed E-state index contributed by atoms with van der Waals surface area (Å²) in [7, 11) is 1.67. The van der Waals surface area contributed by atoms with E-state index in [9.17, 15) is 34.2 Å². The Morgan fingerprint density at radius 1 is 0.438 bits per heavy atom. The number of nitrogens with two attached hydrogens (primary N) is 1. The molecule has 13 nitrogen and oxygen atoms in total. The van der Waals surface area contributed by atoms with Crippen molar-refractivity contribution in [2.24, 2.45) is 27.4 Å². The predicted octanol–water partition coefficient (Wildman–Crippen LogP) is 27.8. The van der Waals surface area contributed by atoms with Crippen molar-refractivity contribution in [3.8, 4) is 5.75 Å². The van der Waals surface area contributed by atoms with E-state index in [0.29, 0.717) is 53.3 Å².